The van der Waals surface area contributed by atoms with Gasteiger partial charge in [0.25, 0.3) is 6.43 Å². The van der Waals surface area contributed by atoms with Gasteiger partial charge in [0, 0.05) is 39.3 Å². The summed E-state index contributed by atoms with van der Waals surface area (Å²) < 4.78 is 35.9. The lowest BCUT2D eigenvalue weighted by atomic mass is 10.1. The molecule has 0 aromatic heterocycles. The first-order valence-electron chi connectivity index (χ1n) is 8.84. The Hall–Kier alpha value is -0.260. The molecule has 0 spiro atoms. The van der Waals surface area contributed by atoms with E-state index in [1.807, 2.05) is 4.90 Å². The Kier molecular flexibility index (Phi) is 11.8. The number of piperidine rings is 1. The monoisotopic (exact) mass is 476 g/mol. The number of aliphatic imine (C=N–C) groups is 1. The number of likely N-dealkylation sites (tertiary alicyclic amines) is 1. The predicted molar refractivity (Wildman–Crippen MR) is 105 cm³/mol. The van der Waals surface area contributed by atoms with E-state index >= 15 is 0 Å². The molecule has 0 bridgehead atoms. The highest BCUT2D eigenvalue weighted by molar-refractivity contribution is 14.0. The summed E-state index contributed by atoms with van der Waals surface area (Å²) in [6.45, 7) is 4.05. The molecule has 2 fully saturated rings. The number of hydrogen-bond donors (Lipinski definition) is 2. The summed E-state index contributed by atoms with van der Waals surface area (Å²) in [6.07, 6.45) is 1.91. The van der Waals surface area contributed by atoms with Crippen LogP contribution in [-0.2, 0) is 9.47 Å². The van der Waals surface area contributed by atoms with Gasteiger partial charge in [-0.25, -0.2) is 8.78 Å². The van der Waals surface area contributed by atoms with Crippen molar-refractivity contribution in [2.45, 2.75) is 44.3 Å². The summed E-state index contributed by atoms with van der Waals surface area (Å²) in [5.41, 5.74) is 0. The zero-order valence-electron chi connectivity index (χ0n) is 14.9. The fourth-order valence-corrected chi connectivity index (χ4v) is 3.08. The second kappa shape index (κ2) is 13.0. The molecule has 0 aromatic rings. The van der Waals surface area contributed by atoms with Crippen LogP contribution in [-0.4, -0.2) is 82.5 Å². The maximum absolute atomic E-state index is 12.4. The van der Waals surface area contributed by atoms with Gasteiger partial charge in [0.2, 0.25) is 0 Å². The molecule has 0 aromatic carbocycles. The van der Waals surface area contributed by atoms with E-state index in [2.05, 4.69) is 15.6 Å². The van der Waals surface area contributed by atoms with Crippen LogP contribution < -0.4 is 10.6 Å². The Morgan fingerprint density at radius 1 is 1.32 bits per heavy atom. The van der Waals surface area contributed by atoms with Gasteiger partial charge in [-0.1, -0.05) is 0 Å². The number of alkyl halides is 2. The van der Waals surface area contributed by atoms with Gasteiger partial charge in [-0.15, -0.1) is 24.0 Å². The SMILES string of the molecule is CN=C(NCCOCC1CCCO1)NC1CCN(CC(F)F)CC1.I. The average Bonchev–Trinajstić information content (AvgIpc) is 3.08. The summed E-state index contributed by atoms with van der Waals surface area (Å²) in [5.74, 6) is 0.739. The van der Waals surface area contributed by atoms with Gasteiger partial charge in [0.1, 0.15) is 0 Å². The molecule has 1 atom stereocenters. The van der Waals surface area contributed by atoms with Gasteiger partial charge < -0.3 is 20.1 Å². The summed E-state index contributed by atoms with van der Waals surface area (Å²) in [4.78, 5) is 6.02. The summed E-state index contributed by atoms with van der Waals surface area (Å²) in [5, 5.41) is 6.58. The van der Waals surface area contributed by atoms with Crippen LogP contribution in [0.3, 0.4) is 0 Å². The largest absolute Gasteiger partial charge is 0.377 e. The lowest BCUT2D eigenvalue weighted by molar-refractivity contribution is 0.0191. The van der Waals surface area contributed by atoms with Crippen molar-refractivity contribution in [3.8, 4) is 0 Å². The zero-order chi connectivity index (χ0) is 17.2. The molecule has 1 unspecified atom stereocenters. The van der Waals surface area contributed by atoms with Crippen LogP contribution >= 0.6 is 24.0 Å². The number of ether oxygens (including phenoxy) is 2. The molecule has 6 nitrogen and oxygen atoms in total. The molecule has 2 rings (SSSR count). The van der Waals surface area contributed by atoms with E-state index in [0.717, 1.165) is 38.2 Å². The third kappa shape index (κ3) is 9.30. The minimum atomic E-state index is -2.25. The molecule has 0 radical (unpaired) electrons. The highest BCUT2D eigenvalue weighted by Crippen LogP contribution is 2.12. The average molecular weight is 476 g/mol. The molecule has 2 aliphatic rings. The highest BCUT2D eigenvalue weighted by Gasteiger charge is 2.22. The zero-order valence-corrected chi connectivity index (χ0v) is 17.2. The second-order valence-electron chi connectivity index (χ2n) is 6.32. The van der Waals surface area contributed by atoms with Crippen LogP contribution in [0, 0.1) is 0 Å². The topological polar surface area (TPSA) is 58.1 Å². The van der Waals surface area contributed by atoms with Crippen molar-refractivity contribution < 1.29 is 18.3 Å². The minimum absolute atomic E-state index is 0. The van der Waals surface area contributed by atoms with E-state index in [1.54, 1.807) is 7.05 Å². The normalized spacial score (nSPS) is 22.9. The van der Waals surface area contributed by atoms with Crippen LogP contribution in [0.1, 0.15) is 25.7 Å². The van der Waals surface area contributed by atoms with E-state index in [4.69, 9.17) is 9.47 Å². The van der Waals surface area contributed by atoms with E-state index < -0.39 is 6.43 Å². The second-order valence-corrected chi connectivity index (χ2v) is 6.32. The van der Waals surface area contributed by atoms with Crippen LogP contribution in [0.25, 0.3) is 0 Å². The van der Waals surface area contributed by atoms with E-state index in [1.165, 1.54) is 0 Å². The summed E-state index contributed by atoms with van der Waals surface area (Å²) >= 11 is 0. The van der Waals surface area contributed by atoms with E-state index in [-0.39, 0.29) is 42.7 Å². The van der Waals surface area contributed by atoms with Crippen molar-refractivity contribution in [1.29, 1.82) is 0 Å². The van der Waals surface area contributed by atoms with Crippen molar-refractivity contribution in [1.82, 2.24) is 15.5 Å². The molecule has 9 heteroatoms. The van der Waals surface area contributed by atoms with Gasteiger partial charge in [-0.05, 0) is 25.7 Å². The lowest BCUT2D eigenvalue weighted by Crippen LogP contribution is -2.49. The Morgan fingerprint density at radius 3 is 2.68 bits per heavy atom. The molecular formula is C16H31F2IN4O2. The first kappa shape index (κ1) is 22.8. The van der Waals surface area contributed by atoms with Crippen LogP contribution in [0.4, 0.5) is 8.78 Å². The van der Waals surface area contributed by atoms with Crippen molar-refractivity contribution in [2.24, 2.45) is 4.99 Å². The van der Waals surface area contributed by atoms with Crippen molar-refractivity contribution in [3.05, 3.63) is 0 Å². The molecule has 2 heterocycles. The number of halogens is 3. The lowest BCUT2D eigenvalue weighted by Gasteiger charge is -2.32. The molecule has 148 valence electrons. The van der Waals surface area contributed by atoms with Gasteiger partial charge in [0.05, 0.1) is 25.9 Å². The maximum Gasteiger partial charge on any atom is 0.251 e. The summed E-state index contributed by atoms with van der Waals surface area (Å²) in [6, 6.07) is 0.276. The molecule has 2 aliphatic heterocycles. The quantitative estimate of drug-likeness (QED) is 0.242. The van der Waals surface area contributed by atoms with E-state index in [9.17, 15) is 8.78 Å². The first-order chi connectivity index (χ1) is 11.7. The molecule has 0 aliphatic carbocycles. The summed E-state index contributed by atoms with van der Waals surface area (Å²) in [7, 11) is 1.73. The fourth-order valence-electron chi connectivity index (χ4n) is 3.08. The Labute approximate surface area is 166 Å². The number of guanidine groups is 1. The van der Waals surface area contributed by atoms with E-state index in [0.29, 0.717) is 32.8 Å². The molecule has 2 N–H and O–H groups in total. The Bertz CT molecular complexity index is 377. The predicted octanol–water partition coefficient (Wildman–Crippen LogP) is 1.69. The standard InChI is InChI=1S/C16H30F2N4O2.HI/c1-19-16(20-6-10-23-12-14-3-2-9-24-14)21-13-4-7-22(8-5-13)11-15(17)18;/h13-15H,2-12H2,1H3,(H2,19,20,21);1H. The molecular weight excluding hydrogens is 445 g/mol. The Morgan fingerprint density at radius 2 is 2.08 bits per heavy atom. The number of rotatable bonds is 8. The minimum Gasteiger partial charge on any atom is -0.377 e. The molecule has 0 saturated carbocycles. The van der Waals surface area contributed by atoms with Crippen LogP contribution in [0.15, 0.2) is 4.99 Å². The molecule has 25 heavy (non-hydrogen) atoms. The fraction of sp³-hybridized carbons (Fsp3) is 0.938. The smallest absolute Gasteiger partial charge is 0.251 e. The number of nitrogens with zero attached hydrogens (tertiary/aromatic N) is 2. The maximum atomic E-state index is 12.4. The van der Waals surface area contributed by atoms with Gasteiger partial charge in [-0.2, -0.15) is 0 Å². The highest BCUT2D eigenvalue weighted by atomic mass is 127. The van der Waals surface area contributed by atoms with Gasteiger partial charge >= 0.3 is 0 Å². The first-order valence-corrected chi connectivity index (χ1v) is 8.84. The van der Waals surface area contributed by atoms with Crippen molar-refractivity contribution in [2.75, 3.05) is 53.0 Å². The third-order valence-electron chi connectivity index (χ3n) is 4.41. The number of hydrogen-bond acceptors (Lipinski definition) is 4. The molecule has 0 amide bonds. The van der Waals surface area contributed by atoms with Gasteiger partial charge in [-0.3, -0.25) is 9.89 Å². The van der Waals surface area contributed by atoms with Crippen molar-refractivity contribution in [3.63, 3.8) is 0 Å². The molecule has 2 saturated heterocycles. The van der Waals surface area contributed by atoms with Crippen LogP contribution in [0.2, 0.25) is 0 Å². The van der Waals surface area contributed by atoms with Gasteiger partial charge in [0.15, 0.2) is 5.96 Å². The van der Waals surface area contributed by atoms with Crippen LogP contribution in [0.5, 0.6) is 0 Å². The Balaban J connectivity index is 0.00000312. The number of nitrogens with one attached hydrogen (secondary N) is 2. The van der Waals surface area contributed by atoms with Crippen molar-refractivity contribution >= 4 is 29.9 Å². The third-order valence-corrected chi connectivity index (χ3v) is 4.41.